The monoisotopic (exact) mass is 225 g/mol. The molecule has 3 heteroatoms. The molecule has 0 heterocycles. The summed E-state index contributed by atoms with van der Waals surface area (Å²) in [6.45, 7) is 11.5. The van der Waals surface area contributed by atoms with Gasteiger partial charge in [0.15, 0.2) is 0 Å². The lowest BCUT2D eigenvalue weighted by Gasteiger charge is -2.06. The number of carboxylic acids is 1. The highest BCUT2D eigenvalue weighted by Crippen LogP contribution is 2.09. The summed E-state index contributed by atoms with van der Waals surface area (Å²) in [6.07, 6.45) is 5.77. The molecule has 16 heavy (non-hydrogen) atoms. The van der Waals surface area contributed by atoms with Crippen LogP contribution in [0.3, 0.4) is 0 Å². The van der Waals surface area contributed by atoms with Crippen molar-refractivity contribution < 1.29 is 9.90 Å². The van der Waals surface area contributed by atoms with Crippen molar-refractivity contribution in [3.8, 4) is 0 Å². The van der Waals surface area contributed by atoms with Gasteiger partial charge in [0.25, 0.3) is 0 Å². The molecule has 0 amide bonds. The van der Waals surface area contributed by atoms with Gasteiger partial charge in [-0.3, -0.25) is 4.79 Å². The maximum Gasteiger partial charge on any atom is 0.320 e. The summed E-state index contributed by atoms with van der Waals surface area (Å²) in [6, 6.07) is -0.857. The fourth-order valence-corrected chi connectivity index (χ4v) is 0.918. The van der Waals surface area contributed by atoms with Gasteiger partial charge in [0.1, 0.15) is 6.04 Å². The molecule has 0 aromatic heterocycles. The molecule has 0 bridgehead atoms. The number of aliphatic carboxylic acids is 1. The first-order valence-electron chi connectivity index (χ1n) is 5.45. The average Bonchev–Trinajstić information content (AvgIpc) is 2.30. The minimum absolute atomic E-state index is 0.310. The Morgan fingerprint density at radius 3 is 2.31 bits per heavy atom. The predicted octanol–water partition coefficient (Wildman–Crippen LogP) is 2.89. The van der Waals surface area contributed by atoms with E-state index in [2.05, 4.69) is 6.58 Å². The summed E-state index contributed by atoms with van der Waals surface area (Å²) in [7, 11) is 0. The summed E-state index contributed by atoms with van der Waals surface area (Å²) < 4.78 is 0. The van der Waals surface area contributed by atoms with E-state index >= 15 is 0 Å². The molecule has 0 rings (SSSR count). The second-order valence-electron chi connectivity index (χ2n) is 3.10. The summed E-state index contributed by atoms with van der Waals surface area (Å²) in [5, 5.41) is 8.62. The number of hydrogen-bond donors (Lipinski definition) is 2. The second kappa shape index (κ2) is 10.2. The Kier molecular flexibility index (Phi) is 10.9. The maximum absolute atomic E-state index is 10.5. The lowest BCUT2D eigenvalue weighted by Crippen LogP contribution is -2.30. The zero-order valence-electron chi connectivity index (χ0n) is 10.7. The molecule has 0 aliphatic rings. The molecule has 0 spiro atoms. The van der Waals surface area contributed by atoms with Crippen LogP contribution < -0.4 is 5.73 Å². The number of carbonyl (C=O) groups is 1. The van der Waals surface area contributed by atoms with Gasteiger partial charge in [0, 0.05) is 0 Å². The van der Waals surface area contributed by atoms with Crippen LogP contribution in [-0.2, 0) is 4.79 Å². The van der Waals surface area contributed by atoms with E-state index in [-0.39, 0.29) is 0 Å². The lowest BCUT2D eigenvalue weighted by atomic mass is 10.0. The Hall–Kier alpha value is -1.35. The number of hydrogen-bond acceptors (Lipinski definition) is 2. The third kappa shape index (κ3) is 8.00. The molecule has 1 atom stereocenters. The van der Waals surface area contributed by atoms with Gasteiger partial charge < -0.3 is 10.8 Å². The Bertz CT molecular complexity index is 278. The summed E-state index contributed by atoms with van der Waals surface area (Å²) in [4.78, 5) is 10.5. The fourth-order valence-electron chi connectivity index (χ4n) is 0.918. The van der Waals surface area contributed by atoms with Crippen molar-refractivity contribution in [2.24, 2.45) is 5.73 Å². The van der Waals surface area contributed by atoms with Crippen LogP contribution in [0.1, 0.15) is 34.1 Å². The first-order valence-corrected chi connectivity index (χ1v) is 5.45. The Morgan fingerprint density at radius 2 is 2.00 bits per heavy atom. The van der Waals surface area contributed by atoms with Gasteiger partial charge in [-0.1, -0.05) is 44.2 Å². The molecule has 0 aromatic rings. The van der Waals surface area contributed by atoms with Crippen molar-refractivity contribution in [3.63, 3.8) is 0 Å². The van der Waals surface area contributed by atoms with Gasteiger partial charge >= 0.3 is 5.97 Å². The first kappa shape index (κ1) is 17.1. The number of allylic oxidation sites excluding steroid dienone is 4. The molecule has 0 aliphatic heterocycles. The number of carboxylic acid groups (broad SMARTS) is 1. The zero-order valence-corrected chi connectivity index (χ0v) is 10.7. The van der Waals surface area contributed by atoms with Crippen LogP contribution in [0.4, 0.5) is 0 Å². The van der Waals surface area contributed by atoms with Gasteiger partial charge in [-0.05, 0) is 25.8 Å². The van der Waals surface area contributed by atoms with Gasteiger partial charge in [0.05, 0.1) is 0 Å². The van der Waals surface area contributed by atoms with E-state index in [9.17, 15) is 4.79 Å². The normalized spacial score (nSPS) is 13.6. The predicted molar refractivity (Wildman–Crippen MR) is 69.3 cm³/mol. The van der Waals surface area contributed by atoms with Gasteiger partial charge in [-0.2, -0.15) is 0 Å². The van der Waals surface area contributed by atoms with Crippen molar-refractivity contribution >= 4 is 5.97 Å². The standard InChI is InChI=1S/C11H17NO2.C2H6/c1-4-8(3)6-9(5-2)7-10(12)11(13)14;1-2/h4-6,10H,2,7,12H2,1,3H3,(H,13,14);1-2H3/b8-4-,9-6+;. The molecule has 0 aliphatic carbocycles. The number of nitrogens with two attached hydrogens (primary N) is 1. The van der Waals surface area contributed by atoms with E-state index in [1.165, 1.54) is 0 Å². The van der Waals surface area contributed by atoms with Crippen molar-refractivity contribution in [1.82, 2.24) is 0 Å². The van der Waals surface area contributed by atoms with E-state index in [1.807, 2.05) is 39.8 Å². The Balaban J connectivity index is 0. The van der Waals surface area contributed by atoms with Gasteiger partial charge in [-0.15, -0.1) is 0 Å². The van der Waals surface area contributed by atoms with Crippen molar-refractivity contribution in [2.45, 2.75) is 40.2 Å². The molecule has 92 valence electrons. The van der Waals surface area contributed by atoms with E-state index in [1.54, 1.807) is 6.08 Å². The van der Waals surface area contributed by atoms with Gasteiger partial charge in [-0.25, -0.2) is 0 Å². The molecular weight excluding hydrogens is 202 g/mol. The highest BCUT2D eigenvalue weighted by atomic mass is 16.4. The molecule has 1 unspecified atom stereocenters. The molecule has 0 radical (unpaired) electrons. The smallest absolute Gasteiger partial charge is 0.320 e. The largest absolute Gasteiger partial charge is 0.480 e. The minimum Gasteiger partial charge on any atom is -0.480 e. The summed E-state index contributed by atoms with van der Waals surface area (Å²) >= 11 is 0. The summed E-state index contributed by atoms with van der Waals surface area (Å²) in [5.41, 5.74) is 7.31. The van der Waals surface area contributed by atoms with Crippen LogP contribution in [0, 0.1) is 0 Å². The van der Waals surface area contributed by atoms with Crippen LogP contribution in [0.2, 0.25) is 0 Å². The number of rotatable bonds is 5. The van der Waals surface area contributed by atoms with Crippen LogP contribution >= 0.6 is 0 Å². The molecule has 0 fully saturated rings. The van der Waals surface area contributed by atoms with Crippen molar-refractivity contribution in [2.75, 3.05) is 0 Å². The summed E-state index contributed by atoms with van der Waals surface area (Å²) in [5.74, 6) is -0.990. The quantitative estimate of drug-likeness (QED) is 0.707. The maximum atomic E-state index is 10.5. The van der Waals surface area contributed by atoms with Crippen molar-refractivity contribution in [3.05, 3.63) is 36.0 Å². The van der Waals surface area contributed by atoms with Crippen LogP contribution in [0.25, 0.3) is 0 Å². The highest BCUT2D eigenvalue weighted by Gasteiger charge is 2.11. The third-order valence-electron chi connectivity index (χ3n) is 1.90. The van der Waals surface area contributed by atoms with Gasteiger partial charge in [0.2, 0.25) is 0 Å². The third-order valence-corrected chi connectivity index (χ3v) is 1.90. The lowest BCUT2D eigenvalue weighted by molar-refractivity contribution is -0.138. The van der Waals surface area contributed by atoms with Crippen LogP contribution in [0.15, 0.2) is 36.0 Å². The minimum atomic E-state index is -0.990. The molecule has 3 nitrogen and oxygen atoms in total. The SMILES string of the molecule is C=C/C(=C\C(C)=C/C)CC(N)C(=O)O.CC. The Morgan fingerprint density at radius 1 is 1.50 bits per heavy atom. The van der Waals surface area contributed by atoms with E-state index in [0.717, 1.165) is 11.1 Å². The Labute approximate surface area is 98.4 Å². The highest BCUT2D eigenvalue weighted by molar-refractivity contribution is 5.73. The zero-order chi connectivity index (χ0) is 13.1. The molecule has 0 aromatic carbocycles. The molecular formula is C13H23NO2. The van der Waals surface area contributed by atoms with E-state index < -0.39 is 12.0 Å². The fraction of sp³-hybridized carbons (Fsp3) is 0.462. The molecule has 0 saturated heterocycles. The van der Waals surface area contributed by atoms with Crippen molar-refractivity contribution in [1.29, 1.82) is 0 Å². The second-order valence-corrected chi connectivity index (χ2v) is 3.10. The van der Waals surface area contributed by atoms with E-state index in [0.29, 0.717) is 6.42 Å². The van der Waals surface area contributed by atoms with Crippen LogP contribution in [-0.4, -0.2) is 17.1 Å². The molecule has 3 N–H and O–H groups in total. The molecule has 0 saturated carbocycles. The first-order chi connectivity index (χ1) is 7.51. The average molecular weight is 225 g/mol. The van der Waals surface area contributed by atoms with Crippen LogP contribution in [0.5, 0.6) is 0 Å². The van der Waals surface area contributed by atoms with E-state index in [4.69, 9.17) is 10.8 Å². The topological polar surface area (TPSA) is 63.3 Å².